The highest BCUT2D eigenvalue weighted by molar-refractivity contribution is 6.09. The van der Waals surface area contributed by atoms with E-state index in [1.807, 2.05) is 66.4 Å². The molecular weight excluding hydrogens is 340 g/mol. The molecule has 1 saturated heterocycles. The number of morpholine rings is 1. The SMILES string of the molecule is CCOC1(c2ccccc2)C(=O)N(CCN2CCOCC2)c2ccccc21. The highest BCUT2D eigenvalue weighted by Gasteiger charge is 2.53. The van der Waals surface area contributed by atoms with Gasteiger partial charge in [0.2, 0.25) is 0 Å². The highest BCUT2D eigenvalue weighted by atomic mass is 16.5. The fraction of sp³-hybridized carbons (Fsp3) is 0.409. The van der Waals surface area contributed by atoms with Crippen LogP contribution in [0, 0.1) is 0 Å². The summed E-state index contributed by atoms with van der Waals surface area (Å²) in [5.74, 6) is 0.00464. The summed E-state index contributed by atoms with van der Waals surface area (Å²) in [4.78, 5) is 18.0. The lowest BCUT2D eigenvalue weighted by Gasteiger charge is -2.31. The molecule has 1 atom stereocenters. The number of carbonyl (C=O) groups is 1. The summed E-state index contributed by atoms with van der Waals surface area (Å²) in [6.45, 7) is 7.24. The first kappa shape index (κ1) is 18.2. The van der Waals surface area contributed by atoms with E-state index in [0.29, 0.717) is 13.2 Å². The second-order valence-electron chi connectivity index (χ2n) is 6.91. The number of hydrogen-bond acceptors (Lipinski definition) is 4. The van der Waals surface area contributed by atoms with Crippen molar-refractivity contribution in [2.75, 3.05) is 50.9 Å². The van der Waals surface area contributed by atoms with E-state index in [0.717, 1.165) is 49.7 Å². The van der Waals surface area contributed by atoms with Gasteiger partial charge >= 0.3 is 0 Å². The molecule has 2 aromatic carbocycles. The fourth-order valence-electron chi connectivity index (χ4n) is 4.10. The molecule has 0 bridgehead atoms. The van der Waals surface area contributed by atoms with Gasteiger partial charge in [-0.1, -0.05) is 48.5 Å². The average Bonchev–Trinajstić information content (AvgIpc) is 2.97. The minimum Gasteiger partial charge on any atom is -0.379 e. The predicted octanol–water partition coefficient (Wildman–Crippen LogP) is 2.65. The summed E-state index contributed by atoms with van der Waals surface area (Å²) in [5, 5.41) is 0. The Labute approximate surface area is 160 Å². The van der Waals surface area contributed by atoms with Gasteiger partial charge in [-0.3, -0.25) is 9.69 Å². The van der Waals surface area contributed by atoms with Gasteiger partial charge in [0.1, 0.15) is 0 Å². The Morgan fingerprint density at radius 3 is 2.44 bits per heavy atom. The molecule has 2 aliphatic heterocycles. The van der Waals surface area contributed by atoms with Crippen LogP contribution in [0.4, 0.5) is 5.69 Å². The maximum Gasteiger partial charge on any atom is 0.268 e. The molecule has 0 aliphatic carbocycles. The van der Waals surface area contributed by atoms with Crippen LogP contribution < -0.4 is 4.90 Å². The number of anilines is 1. The van der Waals surface area contributed by atoms with E-state index >= 15 is 0 Å². The van der Waals surface area contributed by atoms with Crippen LogP contribution in [0.1, 0.15) is 18.1 Å². The molecular formula is C22H26N2O3. The lowest BCUT2D eigenvalue weighted by molar-refractivity contribution is -0.137. The van der Waals surface area contributed by atoms with E-state index in [1.165, 1.54) is 0 Å². The molecule has 0 aromatic heterocycles. The lowest BCUT2D eigenvalue weighted by atomic mass is 9.87. The van der Waals surface area contributed by atoms with Crippen molar-refractivity contribution in [1.29, 1.82) is 0 Å². The van der Waals surface area contributed by atoms with Gasteiger partial charge in [0, 0.05) is 38.3 Å². The number of carbonyl (C=O) groups excluding carboxylic acids is 1. The van der Waals surface area contributed by atoms with Gasteiger partial charge in [-0.25, -0.2) is 0 Å². The Bertz CT molecular complexity index is 789. The van der Waals surface area contributed by atoms with Gasteiger partial charge in [-0.2, -0.15) is 0 Å². The number of ether oxygens (including phenoxy) is 2. The summed E-state index contributed by atoms with van der Waals surface area (Å²) in [6, 6.07) is 17.9. The molecule has 1 amide bonds. The summed E-state index contributed by atoms with van der Waals surface area (Å²) >= 11 is 0. The molecule has 1 fully saturated rings. The quantitative estimate of drug-likeness (QED) is 0.788. The number of rotatable bonds is 6. The number of amides is 1. The number of benzene rings is 2. The molecule has 142 valence electrons. The van der Waals surface area contributed by atoms with Crippen LogP contribution in [0.2, 0.25) is 0 Å². The average molecular weight is 366 g/mol. The van der Waals surface area contributed by atoms with E-state index in [9.17, 15) is 4.79 Å². The number of para-hydroxylation sites is 1. The zero-order chi connectivity index (χ0) is 18.7. The van der Waals surface area contributed by atoms with Crippen LogP contribution in [-0.2, 0) is 19.9 Å². The maximum atomic E-state index is 13.7. The third-order valence-electron chi connectivity index (χ3n) is 5.41. The maximum absolute atomic E-state index is 13.7. The van der Waals surface area contributed by atoms with Crippen molar-refractivity contribution in [3.8, 4) is 0 Å². The van der Waals surface area contributed by atoms with Crippen molar-refractivity contribution in [1.82, 2.24) is 4.90 Å². The molecule has 0 N–H and O–H groups in total. The predicted molar refractivity (Wildman–Crippen MR) is 105 cm³/mol. The van der Waals surface area contributed by atoms with Crippen LogP contribution in [0.5, 0.6) is 0 Å². The van der Waals surface area contributed by atoms with Gasteiger partial charge in [-0.05, 0) is 18.6 Å². The van der Waals surface area contributed by atoms with E-state index in [-0.39, 0.29) is 5.91 Å². The zero-order valence-electron chi connectivity index (χ0n) is 15.8. The number of hydrogen-bond donors (Lipinski definition) is 0. The molecule has 2 aromatic rings. The zero-order valence-corrected chi connectivity index (χ0v) is 15.8. The van der Waals surface area contributed by atoms with Gasteiger partial charge in [0.25, 0.3) is 5.91 Å². The summed E-state index contributed by atoms with van der Waals surface area (Å²) in [5.41, 5.74) is 1.72. The number of fused-ring (bicyclic) bond motifs is 1. The van der Waals surface area contributed by atoms with Gasteiger partial charge in [0.15, 0.2) is 5.60 Å². The molecule has 1 unspecified atom stereocenters. The molecule has 2 heterocycles. The first-order valence-corrected chi connectivity index (χ1v) is 9.68. The second-order valence-corrected chi connectivity index (χ2v) is 6.91. The Morgan fingerprint density at radius 1 is 1.00 bits per heavy atom. The summed E-state index contributed by atoms with van der Waals surface area (Å²) in [7, 11) is 0. The number of nitrogens with zero attached hydrogens (tertiary/aromatic N) is 2. The molecule has 0 radical (unpaired) electrons. The van der Waals surface area contributed by atoms with E-state index < -0.39 is 5.60 Å². The van der Waals surface area contributed by atoms with Crippen LogP contribution in [0.15, 0.2) is 54.6 Å². The highest BCUT2D eigenvalue weighted by Crippen LogP contribution is 2.46. The third kappa shape index (κ3) is 3.16. The van der Waals surface area contributed by atoms with Crippen LogP contribution in [0.3, 0.4) is 0 Å². The minimum absolute atomic E-state index is 0.00464. The smallest absolute Gasteiger partial charge is 0.268 e. The summed E-state index contributed by atoms with van der Waals surface area (Å²) < 4.78 is 11.6. The van der Waals surface area contributed by atoms with Crippen LogP contribution >= 0.6 is 0 Å². The lowest BCUT2D eigenvalue weighted by Crippen LogP contribution is -2.47. The fourth-order valence-corrected chi connectivity index (χ4v) is 4.10. The second kappa shape index (κ2) is 7.80. The van der Waals surface area contributed by atoms with Crippen molar-refractivity contribution >= 4 is 11.6 Å². The first-order valence-electron chi connectivity index (χ1n) is 9.68. The van der Waals surface area contributed by atoms with Gasteiger partial charge in [-0.15, -0.1) is 0 Å². The minimum atomic E-state index is -1.06. The normalized spacial score (nSPS) is 22.9. The standard InChI is InChI=1S/C22H26N2O3/c1-2-27-22(18-8-4-3-5-9-18)19-10-6-7-11-20(19)24(21(22)25)13-12-23-14-16-26-17-15-23/h3-11H,2,12-17H2,1H3. The van der Waals surface area contributed by atoms with Crippen LogP contribution in [-0.4, -0.2) is 56.8 Å². The first-order chi connectivity index (χ1) is 13.3. The monoisotopic (exact) mass is 366 g/mol. The van der Waals surface area contributed by atoms with Crippen molar-refractivity contribution in [3.05, 3.63) is 65.7 Å². The molecule has 5 heteroatoms. The van der Waals surface area contributed by atoms with E-state index in [4.69, 9.17) is 9.47 Å². The summed E-state index contributed by atoms with van der Waals surface area (Å²) in [6.07, 6.45) is 0. The Kier molecular flexibility index (Phi) is 5.25. The third-order valence-corrected chi connectivity index (χ3v) is 5.41. The van der Waals surface area contributed by atoms with Crippen molar-refractivity contribution in [3.63, 3.8) is 0 Å². The molecule has 4 rings (SSSR count). The molecule has 27 heavy (non-hydrogen) atoms. The van der Waals surface area contributed by atoms with Crippen LogP contribution in [0.25, 0.3) is 0 Å². The van der Waals surface area contributed by atoms with Crippen molar-refractivity contribution < 1.29 is 14.3 Å². The van der Waals surface area contributed by atoms with Gasteiger partial charge in [0.05, 0.1) is 18.9 Å². The van der Waals surface area contributed by atoms with Crippen molar-refractivity contribution in [2.24, 2.45) is 0 Å². The van der Waals surface area contributed by atoms with E-state index in [1.54, 1.807) is 0 Å². The topological polar surface area (TPSA) is 42.0 Å². The Balaban J connectivity index is 1.70. The Hall–Kier alpha value is -2.21. The Morgan fingerprint density at radius 2 is 1.70 bits per heavy atom. The molecule has 2 aliphatic rings. The molecule has 0 spiro atoms. The van der Waals surface area contributed by atoms with Gasteiger partial charge < -0.3 is 14.4 Å². The van der Waals surface area contributed by atoms with E-state index in [2.05, 4.69) is 4.90 Å². The van der Waals surface area contributed by atoms with Crippen molar-refractivity contribution in [2.45, 2.75) is 12.5 Å². The molecule has 5 nitrogen and oxygen atoms in total. The largest absolute Gasteiger partial charge is 0.379 e. The molecule has 0 saturated carbocycles.